The maximum absolute atomic E-state index is 11.8. The van der Waals surface area contributed by atoms with Gasteiger partial charge in [-0.25, -0.2) is 0 Å². The minimum Gasteiger partial charge on any atom is -0.668 e. The molecule has 0 saturated heterocycles. The van der Waals surface area contributed by atoms with Crippen LogP contribution in [0.5, 0.6) is 0 Å². The molecule has 0 bridgehead atoms. The van der Waals surface area contributed by atoms with Gasteiger partial charge in [0.1, 0.15) is 5.60 Å². The third-order valence-corrected chi connectivity index (χ3v) is 3.60. The zero-order valence-corrected chi connectivity index (χ0v) is 21.3. The zero-order chi connectivity index (χ0) is 23.5. The Morgan fingerprint density at radius 3 is 1.87 bits per heavy atom. The number of carbonyl (C=O) groups is 3. The normalized spacial score (nSPS) is 11.0. The zero-order valence-electron chi connectivity index (χ0n) is 19.8. The minimum absolute atomic E-state index is 0. The second-order valence-electron chi connectivity index (χ2n) is 7.25. The SMILES string of the molecule is CC(C)(C)OC=O.CCC([NH-])=O.CCCCC(C)N(CC(OC)OC)C(=O)CN.[Pd]. The van der Waals surface area contributed by atoms with Crippen LogP contribution in [0.4, 0.5) is 0 Å². The second-order valence-corrected chi connectivity index (χ2v) is 7.25. The summed E-state index contributed by atoms with van der Waals surface area (Å²) in [6.45, 7) is 12.2. The maximum Gasteiger partial charge on any atom is 0.293 e. The minimum atomic E-state index is -0.495. The number of nitrogens with zero attached hydrogens (tertiary/aromatic N) is 1. The van der Waals surface area contributed by atoms with Gasteiger partial charge in [-0.1, -0.05) is 26.7 Å². The predicted molar refractivity (Wildman–Crippen MR) is 114 cm³/mol. The molecule has 10 heteroatoms. The predicted octanol–water partition coefficient (Wildman–Crippen LogP) is 2.90. The fraction of sp³-hybridized carbons (Fsp3) is 0.850. The van der Waals surface area contributed by atoms with Crippen molar-refractivity contribution in [3.63, 3.8) is 0 Å². The van der Waals surface area contributed by atoms with Crippen molar-refractivity contribution in [3.8, 4) is 0 Å². The molecule has 0 aliphatic rings. The van der Waals surface area contributed by atoms with E-state index in [1.165, 1.54) is 0 Å². The van der Waals surface area contributed by atoms with Gasteiger partial charge in [-0.05, 0) is 40.5 Å². The van der Waals surface area contributed by atoms with Gasteiger partial charge in [0.25, 0.3) is 6.47 Å². The number of unbranched alkanes of at least 4 members (excludes halogenated alkanes) is 1. The van der Waals surface area contributed by atoms with Crippen molar-refractivity contribution in [1.82, 2.24) is 4.90 Å². The van der Waals surface area contributed by atoms with E-state index in [1.807, 2.05) is 27.7 Å². The number of methoxy groups -OCH3 is 2. The van der Waals surface area contributed by atoms with E-state index in [0.29, 0.717) is 19.4 Å². The van der Waals surface area contributed by atoms with Crippen molar-refractivity contribution in [2.45, 2.75) is 85.2 Å². The average Bonchev–Trinajstić information content (AvgIpc) is 2.66. The molecule has 0 fully saturated rings. The Morgan fingerprint density at radius 1 is 1.17 bits per heavy atom. The quantitative estimate of drug-likeness (QED) is 0.249. The van der Waals surface area contributed by atoms with Crippen molar-refractivity contribution >= 4 is 18.3 Å². The van der Waals surface area contributed by atoms with E-state index < -0.39 is 12.2 Å². The molecule has 0 rings (SSSR count). The van der Waals surface area contributed by atoms with Crippen molar-refractivity contribution in [2.24, 2.45) is 5.73 Å². The standard InChI is InChI=1S/C12H26N2O3.C5H10O2.C3H7NO.Pd/c1-5-6-7-10(2)14(11(15)8-13)9-12(16-3)17-4;1-5(2,3)7-4-6;1-2-3(4)5;/h10,12H,5-9,13H2,1-4H3;4H,1-3H3;2H2,1H3,(H2,4,5);/p-1. The van der Waals surface area contributed by atoms with E-state index in [1.54, 1.807) is 26.0 Å². The van der Waals surface area contributed by atoms with Gasteiger partial charge in [0.15, 0.2) is 6.29 Å². The fourth-order valence-corrected chi connectivity index (χ4v) is 1.85. The van der Waals surface area contributed by atoms with Gasteiger partial charge >= 0.3 is 0 Å². The number of rotatable bonds is 11. The van der Waals surface area contributed by atoms with Crippen LogP contribution in [0.1, 0.15) is 67.2 Å². The number of hydrogen-bond donors (Lipinski definition) is 1. The average molecular weight is 527 g/mol. The number of hydrogen-bond acceptors (Lipinski definition) is 7. The van der Waals surface area contributed by atoms with E-state index in [-0.39, 0.29) is 44.5 Å². The third kappa shape index (κ3) is 25.0. The van der Waals surface area contributed by atoms with Crippen LogP contribution in [0.2, 0.25) is 0 Å². The van der Waals surface area contributed by atoms with E-state index in [9.17, 15) is 14.4 Å². The first-order valence-corrected chi connectivity index (χ1v) is 9.84. The van der Waals surface area contributed by atoms with Crippen LogP contribution in [0.15, 0.2) is 0 Å². The Kier molecular flexibility index (Phi) is 27.4. The smallest absolute Gasteiger partial charge is 0.293 e. The summed E-state index contributed by atoms with van der Waals surface area (Å²) in [6.07, 6.45) is 3.13. The summed E-state index contributed by atoms with van der Waals surface area (Å²) in [7, 11) is 3.13. The summed E-state index contributed by atoms with van der Waals surface area (Å²) in [5.74, 6) is -0.558. The van der Waals surface area contributed by atoms with Crippen LogP contribution in [0.25, 0.3) is 5.73 Å². The number of nitrogens with one attached hydrogen (secondary N) is 1. The molecule has 0 aromatic rings. The number of nitrogens with two attached hydrogens (primary N) is 1. The Morgan fingerprint density at radius 2 is 1.63 bits per heavy atom. The molecule has 3 N–H and O–H groups in total. The number of carbonyl (C=O) groups excluding carboxylic acids is 3. The van der Waals surface area contributed by atoms with E-state index in [2.05, 4.69) is 11.7 Å². The summed E-state index contributed by atoms with van der Waals surface area (Å²) < 4.78 is 14.8. The van der Waals surface area contributed by atoms with Crippen LogP contribution in [0.3, 0.4) is 0 Å². The molecular formula is C20H42N3O6Pd-. The van der Waals surface area contributed by atoms with Gasteiger partial charge in [0.05, 0.1) is 13.1 Å². The van der Waals surface area contributed by atoms with Crippen molar-refractivity contribution in [2.75, 3.05) is 27.3 Å². The largest absolute Gasteiger partial charge is 0.668 e. The molecule has 0 radical (unpaired) electrons. The van der Waals surface area contributed by atoms with Gasteiger partial charge in [-0.3, -0.25) is 9.59 Å². The first-order valence-electron chi connectivity index (χ1n) is 9.84. The third-order valence-electron chi connectivity index (χ3n) is 3.60. The molecule has 0 aromatic heterocycles. The number of ether oxygens (including phenoxy) is 3. The molecule has 2 amide bonds. The van der Waals surface area contributed by atoms with Crippen molar-refractivity contribution in [3.05, 3.63) is 5.73 Å². The second kappa shape index (κ2) is 22.6. The molecule has 0 heterocycles. The van der Waals surface area contributed by atoms with Gasteiger partial charge in [0, 0.05) is 46.6 Å². The molecule has 0 saturated carbocycles. The molecular weight excluding hydrogens is 485 g/mol. The van der Waals surface area contributed by atoms with E-state index in [0.717, 1.165) is 19.3 Å². The maximum atomic E-state index is 11.8. The Bertz CT molecular complexity index is 429. The fourth-order valence-electron chi connectivity index (χ4n) is 1.85. The van der Waals surface area contributed by atoms with Gasteiger partial charge < -0.3 is 35.4 Å². The summed E-state index contributed by atoms with van der Waals surface area (Å²) in [5, 5.41) is 0. The van der Waals surface area contributed by atoms with Gasteiger partial charge in [-0.15, -0.1) is 0 Å². The molecule has 0 aliphatic heterocycles. The van der Waals surface area contributed by atoms with E-state index >= 15 is 0 Å². The summed E-state index contributed by atoms with van der Waals surface area (Å²) in [5.41, 5.74) is 11.3. The van der Waals surface area contributed by atoms with E-state index in [4.69, 9.17) is 20.9 Å². The van der Waals surface area contributed by atoms with Crippen LogP contribution in [0, 0.1) is 0 Å². The van der Waals surface area contributed by atoms with Crippen LogP contribution in [-0.4, -0.2) is 68.4 Å². The summed E-state index contributed by atoms with van der Waals surface area (Å²) in [6, 6.07) is 0.166. The molecule has 0 spiro atoms. The molecule has 30 heavy (non-hydrogen) atoms. The van der Waals surface area contributed by atoms with Crippen molar-refractivity contribution in [1.29, 1.82) is 0 Å². The number of amides is 2. The topological polar surface area (TPSA) is 132 Å². The Balaban J connectivity index is -0.000000215. The first kappa shape index (κ1) is 36.3. The molecule has 0 aliphatic carbocycles. The molecule has 0 aromatic carbocycles. The summed E-state index contributed by atoms with van der Waals surface area (Å²) >= 11 is 0. The van der Waals surface area contributed by atoms with Gasteiger partial charge in [-0.2, -0.15) is 0 Å². The van der Waals surface area contributed by atoms with Gasteiger partial charge in [0.2, 0.25) is 5.91 Å². The van der Waals surface area contributed by atoms with Crippen LogP contribution >= 0.6 is 0 Å². The van der Waals surface area contributed by atoms with Crippen LogP contribution < -0.4 is 5.73 Å². The molecule has 1 atom stereocenters. The monoisotopic (exact) mass is 526 g/mol. The Labute approximate surface area is 196 Å². The molecule has 184 valence electrons. The van der Waals surface area contributed by atoms with Crippen molar-refractivity contribution < 1.29 is 49.0 Å². The molecule has 1 unspecified atom stereocenters. The summed E-state index contributed by atoms with van der Waals surface area (Å²) in [4.78, 5) is 32.6. The Hall–Kier alpha value is -1.05. The van der Waals surface area contributed by atoms with Crippen LogP contribution in [-0.2, 0) is 49.0 Å². The molecule has 9 nitrogen and oxygen atoms in total. The first-order chi connectivity index (χ1) is 13.4.